The average molecular weight is 307 g/mol. The Bertz CT molecular complexity index is 599. The van der Waals surface area contributed by atoms with E-state index >= 15 is 0 Å². The number of hydrogen-bond donors (Lipinski definition) is 0. The zero-order valence-electron chi connectivity index (χ0n) is 11.8. The first-order valence-corrected chi connectivity index (χ1v) is 7.85. The first kappa shape index (κ1) is 14.3. The van der Waals surface area contributed by atoms with Gasteiger partial charge in [-0.2, -0.15) is 0 Å². The van der Waals surface area contributed by atoms with E-state index in [1.165, 1.54) is 11.3 Å². The average Bonchev–Trinajstić information content (AvgIpc) is 3.15. The molecule has 0 aromatic carbocycles. The molecule has 0 N–H and O–H groups in total. The fourth-order valence-corrected chi connectivity index (χ4v) is 3.14. The summed E-state index contributed by atoms with van der Waals surface area (Å²) in [7, 11) is 0. The van der Waals surface area contributed by atoms with Crippen molar-refractivity contribution < 1.29 is 18.7 Å². The highest BCUT2D eigenvalue weighted by molar-refractivity contribution is 7.15. The summed E-state index contributed by atoms with van der Waals surface area (Å²) >= 11 is 1.42. The van der Waals surface area contributed by atoms with Gasteiger partial charge in [-0.25, -0.2) is 9.78 Å². The van der Waals surface area contributed by atoms with Crippen LogP contribution in [0.3, 0.4) is 0 Å². The SMILES string of the molecule is Cc1sc(-c2ccco2)nc1C(=O)OCC1CCCCO1. The predicted molar refractivity (Wildman–Crippen MR) is 78.4 cm³/mol. The number of nitrogens with zero attached hydrogens (tertiary/aromatic N) is 1. The normalized spacial score (nSPS) is 18.6. The van der Waals surface area contributed by atoms with E-state index < -0.39 is 5.97 Å². The summed E-state index contributed by atoms with van der Waals surface area (Å²) in [6.07, 6.45) is 4.76. The summed E-state index contributed by atoms with van der Waals surface area (Å²) in [5.41, 5.74) is 0.363. The molecule has 6 heteroatoms. The van der Waals surface area contributed by atoms with Crippen molar-refractivity contribution in [3.05, 3.63) is 29.0 Å². The minimum Gasteiger partial charge on any atom is -0.462 e. The first-order chi connectivity index (χ1) is 10.2. The third kappa shape index (κ3) is 3.33. The number of rotatable bonds is 4. The lowest BCUT2D eigenvalue weighted by Crippen LogP contribution is -2.26. The molecule has 2 aromatic rings. The fraction of sp³-hybridized carbons (Fsp3) is 0.467. The van der Waals surface area contributed by atoms with Gasteiger partial charge in [-0.3, -0.25) is 0 Å². The second kappa shape index (κ2) is 6.41. The van der Waals surface area contributed by atoms with Crippen molar-refractivity contribution in [1.29, 1.82) is 0 Å². The summed E-state index contributed by atoms with van der Waals surface area (Å²) in [6, 6.07) is 3.62. The van der Waals surface area contributed by atoms with Gasteiger partial charge in [-0.1, -0.05) is 0 Å². The highest BCUT2D eigenvalue weighted by atomic mass is 32.1. The van der Waals surface area contributed by atoms with Crippen molar-refractivity contribution in [2.24, 2.45) is 0 Å². The number of furan rings is 1. The molecule has 0 bridgehead atoms. The number of thiazole rings is 1. The lowest BCUT2D eigenvalue weighted by molar-refractivity contribution is -0.0302. The molecule has 0 amide bonds. The van der Waals surface area contributed by atoms with Gasteiger partial charge in [0.15, 0.2) is 16.5 Å². The van der Waals surface area contributed by atoms with E-state index in [4.69, 9.17) is 13.9 Å². The molecule has 0 spiro atoms. The van der Waals surface area contributed by atoms with E-state index in [1.54, 1.807) is 12.3 Å². The molecule has 112 valence electrons. The topological polar surface area (TPSA) is 61.6 Å². The maximum atomic E-state index is 12.1. The molecule has 5 nitrogen and oxygen atoms in total. The van der Waals surface area contributed by atoms with E-state index in [-0.39, 0.29) is 6.10 Å². The van der Waals surface area contributed by atoms with Crippen molar-refractivity contribution in [2.45, 2.75) is 32.3 Å². The van der Waals surface area contributed by atoms with Gasteiger partial charge in [0.1, 0.15) is 6.61 Å². The molecular formula is C15H17NO4S. The Balaban J connectivity index is 1.64. The van der Waals surface area contributed by atoms with Crippen LogP contribution < -0.4 is 0 Å². The Kier molecular flexibility index (Phi) is 4.36. The number of hydrogen-bond acceptors (Lipinski definition) is 6. The number of carbonyl (C=O) groups excluding carboxylic acids is 1. The monoisotopic (exact) mass is 307 g/mol. The van der Waals surface area contributed by atoms with Gasteiger partial charge in [0.05, 0.1) is 12.4 Å². The van der Waals surface area contributed by atoms with Crippen molar-refractivity contribution in [3.63, 3.8) is 0 Å². The Morgan fingerprint density at radius 3 is 3.14 bits per heavy atom. The standard InChI is InChI=1S/C15H17NO4S/c1-10-13(16-14(21-10)12-6-4-8-19-12)15(17)20-9-11-5-2-3-7-18-11/h4,6,8,11H,2-3,5,7,9H2,1H3. The predicted octanol–water partition coefficient (Wildman–Crippen LogP) is 3.44. The van der Waals surface area contributed by atoms with Crippen LogP contribution in [0, 0.1) is 6.92 Å². The van der Waals surface area contributed by atoms with Crippen molar-refractivity contribution in [2.75, 3.05) is 13.2 Å². The van der Waals surface area contributed by atoms with Gasteiger partial charge >= 0.3 is 5.97 Å². The van der Waals surface area contributed by atoms with Crippen LogP contribution >= 0.6 is 11.3 Å². The summed E-state index contributed by atoms with van der Waals surface area (Å²) < 4.78 is 16.2. The molecule has 1 atom stereocenters. The third-order valence-electron chi connectivity index (χ3n) is 3.40. The Labute approximate surface area is 126 Å². The smallest absolute Gasteiger partial charge is 0.358 e. The van der Waals surface area contributed by atoms with Crippen molar-refractivity contribution in [3.8, 4) is 10.8 Å². The van der Waals surface area contributed by atoms with E-state index in [2.05, 4.69) is 4.98 Å². The van der Waals surface area contributed by atoms with E-state index in [0.29, 0.717) is 23.1 Å². The molecule has 0 saturated carbocycles. The zero-order chi connectivity index (χ0) is 14.7. The first-order valence-electron chi connectivity index (χ1n) is 7.04. The molecule has 3 heterocycles. The molecule has 1 unspecified atom stereocenters. The summed E-state index contributed by atoms with van der Waals surface area (Å²) in [4.78, 5) is 17.3. The minimum atomic E-state index is -0.393. The van der Waals surface area contributed by atoms with Gasteiger partial charge in [0.25, 0.3) is 0 Å². The Morgan fingerprint density at radius 2 is 2.43 bits per heavy atom. The third-order valence-corrected chi connectivity index (χ3v) is 4.38. The highest BCUT2D eigenvalue weighted by Crippen LogP contribution is 2.28. The summed E-state index contributed by atoms with van der Waals surface area (Å²) in [6.45, 7) is 2.91. The van der Waals surface area contributed by atoms with Crippen molar-refractivity contribution in [1.82, 2.24) is 4.98 Å². The Morgan fingerprint density at radius 1 is 1.52 bits per heavy atom. The number of aryl methyl sites for hydroxylation is 1. The van der Waals surface area contributed by atoms with E-state index in [1.807, 2.05) is 13.0 Å². The van der Waals surface area contributed by atoms with Crippen molar-refractivity contribution >= 4 is 17.3 Å². The summed E-state index contributed by atoms with van der Waals surface area (Å²) in [5.74, 6) is 0.272. The van der Waals surface area contributed by atoms with Crippen LogP contribution in [-0.2, 0) is 9.47 Å². The fourth-order valence-electron chi connectivity index (χ4n) is 2.27. The quantitative estimate of drug-likeness (QED) is 0.810. The van der Waals surface area contributed by atoms with Crippen LogP contribution in [-0.4, -0.2) is 30.3 Å². The van der Waals surface area contributed by atoms with E-state index in [0.717, 1.165) is 30.7 Å². The molecule has 1 fully saturated rings. The maximum Gasteiger partial charge on any atom is 0.358 e. The molecular weight excluding hydrogens is 290 g/mol. The number of aromatic nitrogens is 1. The second-order valence-electron chi connectivity index (χ2n) is 4.99. The zero-order valence-corrected chi connectivity index (χ0v) is 12.6. The van der Waals surface area contributed by atoms with Crippen LogP contribution in [0.25, 0.3) is 10.8 Å². The van der Waals surface area contributed by atoms with Gasteiger partial charge in [-0.05, 0) is 38.3 Å². The lowest BCUT2D eigenvalue weighted by atomic mass is 10.1. The highest BCUT2D eigenvalue weighted by Gasteiger charge is 2.21. The maximum absolute atomic E-state index is 12.1. The molecule has 1 aliphatic heterocycles. The summed E-state index contributed by atoms with van der Waals surface area (Å²) in [5, 5.41) is 0.693. The number of ether oxygens (including phenoxy) is 2. The van der Waals surface area contributed by atoms with Crippen LogP contribution in [0.5, 0.6) is 0 Å². The van der Waals surface area contributed by atoms with Crippen LogP contribution in [0.15, 0.2) is 22.8 Å². The molecule has 21 heavy (non-hydrogen) atoms. The number of carbonyl (C=O) groups is 1. The van der Waals surface area contributed by atoms with E-state index in [9.17, 15) is 4.79 Å². The van der Waals surface area contributed by atoms with Gasteiger partial charge in [0.2, 0.25) is 0 Å². The molecule has 3 rings (SSSR count). The van der Waals surface area contributed by atoms with Gasteiger partial charge in [0, 0.05) is 11.5 Å². The second-order valence-corrected chi connectivity index (χ2v) is 6.19. The van der Waals surface area contributed by atoms with Crippen LogP contribution in [0.2, 0.25) is 0 Å². The lowest BCUT2D eigenvalue weighted by Gasteiger charge is -2.21. The van der Waals surface area contributed by atoms with Crippen LogP contribution in [0.4, 0.5) is 0 Å². The molecule has 1 saturated heterocycles. The molecule has 1 aliphatic rings. The minimum absolute atomic E-state index is 0.0196. The molecule has 0 aliphatic carbocycles. The largest absolute Gasteiger partial charge is 0.462 e. The Hall–Kier alpha value is -1.66. The number of esters is 1. The van der Waals surface area contributed by atoms with Gasteiger partial charge in [-0.15, -0.1) is 11.3 Å². The van der Waals surface area contributed by atoms with Crippen LogP contribution in [0.1, 0.15) is 34.6 Å². The van der Waals surface area contributed by atoms with Gasteiger partial charge < -0.3 is 13.9 Å². The molecule has 2 aromatic heterocycles. The molecule has 0 radical (unpaired) electrons.